The molecule has 0 aromatic heterocycles. The van der Waals surface area contributed by atoms with Gasteiger partial charge in [0.25, 0.3) is 0 Å². The Morgan fingerprint density at radius 2 is 1.92 bits per heavy atom. The molecule has 4 nitrogen and oxygen atoms in total. The van der Waals surface area contributed by atoms with Gasteiger partial charge < -0.3 is 15.2 Å². The van der Waals surface area contributed by atoms with Gasteiger partial charge in [0, 0.05) is 12.3 Å². The number of rotatable bonds is 4. The number of ether oxygens (including phenoxy) is 1. The van der Waals surface area contributed by atoms with E-state index in [9.17, 15) is 9.90 Å². The second-order valence-electron chi connectivity index (χ2n) is 9.21. The first-order valence-corrected chi connectivity index (χ1v) is 9.46. The minimum Gasteiger partial charge on any atom is -0.493 e. The predicted molar refractivity (Wildman–Crippen MR) is 96.3 cm³/mol. The van der Waals surface area contributed by atoms with E-state index in [0.29, 0.717) is 5.92 Å². The summed E-state index contributed by atoms with van der Waals surface area (Å²) in [4.78, 5) is 13.0. The lowest BCUT2D eigenvalue weighted by molar-refractivity contribution is -0.125. The minimum absolute atomic E-state index is 0.0194. The Bertz CT molecular complexity index is 689. The smallest absolute Gasteiger partial charge is 0.224 e. The number of hydrogen-bond donors (Lipinski definition) is 2. The Kier molecular flexibility index (Phi) is 3.70. The molecule has 1 aliphatic heterocycles. The standard InChI is InChI=1S/C21H29NO3/c1-20(2)18(21(20,3)4)19(24)22-17(14-10-15(23)11-14)13-5-6-16-12(9-13)7-8-25-16/h5-6,9,14-15,17-18,23H,7-8,10-11H2,1-4H3,(H,22,24). The number of amides is 1. The number of aliphatic hydroxyl groups excluding tert-OH is 1. The molecule has 1 aromatic carbocycles. The summed E-state index contributed by atoms with van der Waals surface area (Å²) in [5.41, 5.74) is 2.44. The Balaban J connectivity index is 1.56. The van der Waals surface area contributed by atoms with Crippen LogP contribution in [0.25, 0.3) is 0 Å². The van der Waals surface area contributed by atoms with Crippen molar-refractivity contribution < 1.29 is 14.6 Å². The normalized spacial score (nSPS) is 30.0. The molecule has 1 atom stereocenters. The fourth-order valence-electron chi connectivity index (χ4n) is 4.86. The minimum atomic E-state index is -0.226. The first-order chi connectivity index (χ1) is 11.7. The monoisotopic (exact) mass is 343 g/mol. The van der Waals surface area contributed by atoms with Gasteiger partial charge in [0.15, 0.2) is 0 Å². The quantitative estimate of drug-likeness (QED) is 0.882. The second-order valence-corrected chi connectivity index (χ2v) is 9.21. The summed E-state index contributed by atoms with van der Waals surface area (Å²) in [6.07, 6.45) is 2.22. The van der Waals surface area contributed by atoms with Gasteiger partial charge in [-0.2, -0.15) is 0 Å². The molecule has 4 rings (SSSR count). The van der Waals surface area contributed by atoms with Crippen LogP contribution < -0.4 is 10.1 Å². The van der Waals surface area contributed by atoms with Gasteiger partial charge in [-0.3, -0.25) is 4.79 Å². The second kappa shape index (κ2) is 5.47. The first-order valence-electron chi connectivity index (χ1n) is 9.46. The number of hydrogen-bond acceptors (Lipinski definition) is 3. The molecule has 2 saturated carbocycles. The molecule has 4 heteroatoms. The summed E-state index contributed by atoms with van der Waals surface area (Å²) in [6, 6.07) is 6.26. The van der Waals surface area contributed by atoms with Crippen molar-refractivity contribution >= 4 is 5.91 Å². The van der Waals surface area contributed by atoms with Crippen LogP contribution in [-0.4, -0.2) is 23.7 Å². The van der Waals surface area contributed by atoms with Crippen LogP contribution in [0.1, 0.15) is 57.7 Å². The summed E-state index contributed by atoms with van der Waals surface area (Å²) in [5.74, 6) is 1.47. The zero-order valence-corrected chi connectivity index (χ0v) is 15.6. The van der Waals surface area contributed by atoms with E-state index < -0.39 is 0 Å². The van der Waals surface area contributed by atoms with E-state index in [4.69, 9.17) is 4.74 Å². The molecular weight excluding hydrogens is 314 g/mol. The maximum absolute atomic E-state index is 13.0. The Morgan fingerprint density at radius 1 is 1.24 bits per heavy atom. The van der Waals surface area contributed by atoms with Crippen molar-refractivity contribution in [3.8, 4) is 5.75 Å². The molecule has 0 radical (unpaired) electrons. The highest BCUT2D eigenvalue weighted by molar-refractivity contribution is 5.84. The average molecular weight is 343 g/mol. The molecule has 0 spiro atoms. The van der Waals surface area contributed by atoms with Crippen molar-refractivity contribution in [1.29, 1.82) is 0 Å². The average Bonchev–Trinajstić information content (AvgIpc) is 2.85. The van der Waals surface area contributed by atoms with Crippen molar-refractivity contribution in [2.45, 2.75) is 59.1 Å². The van der Waals surface area contributed by atoms with Crippen molar-refractivity contribution in [1.82, 2.24) is 5.32 Å². The fraction of sp³-hybridized carbons (Fsp3) is 0.667. The lowest BCUT2D eigenvalue weighted by Crippen LogP contribution is -2.42. The summed E-state index contributed by atoms with van der Waals surface area (Å²) in [5, 5.41) is 13.1. The van der Waals surface area contributed by atoms with Gasteiger partial charge in [0.2, 0.25) is 5.91 Å². The first kappa shape index (κ1) is 16.9. The van der Waals surface area contributed by atoms with Crippen molar-refractivity contribution in [3.05, 3.63) is 29.3 Å². The number of nitrogens with one attached hydrogen (secondary N) is 1. The number of benzene rings is 1. The van der Waals surface area contributed by atoms with Gasteiger partial charge in [-0.15, -0.1) is 0 Å². The van der Waals surface area contributed by atoms with Crippen LogP contribution in [0.3, 0.4) is 0 Å². The fourth-order valence-corrected chi connectivity index (χ4v) is 4.86. The maximum atomic E-state index is 13.0. The van der Waals surface area contributed by atoms with E-state index in [2.05, 4.69) is 45.1 Å². The molecule has 1 unspecified atom stereocenters. The molecule has 1 heterocycles. The highest BCUT2D eigenvalue weighted by Crippen LogP contribution is 2.68. The van der Waals surface area contributed by atoms with Crippen LogP contribution in [0.5, 0.6) is 5.75 Å². The SMILES string of the molecule is CC1(C)C(C(=O)NC(c2ccc3c(c2)CCO3)C2CC(O)C2)C1(C)C. The highest BCUT2D eigenvalue weighted by atomic mass is 16.5. The molecule has 2 N–H and O–H groups in total. The van der Waals surface area contributed by atoms with Gasteiger partial charge in [0.1, 0.15) is 5.75 Å². The van der Waals surface area contributed by atoms with E-state index in [1.54, 1.807) is 0 Å². The predicted octanol–water partition coefficient (Wildman–Crippen LogP) is 3.23. The van der Waals surface area contributed by atoms with Crippen molar-refractivity contribution in [2.24, 2.45) is 22.7 Å². The zero-order chi connectivity index (χ0) is 18.0. The van der Waals surface area contributed by atoms with Crippen LogP contribution in [0.15, 0.2) is 18.2 Å². The largest absolute Gasteiger partial charge is 0.493 e. The lowest BCUT2D eigenvalue weighted by Gasteiger charge is -2.38. The number of carbonyl (C=O) groups is 1. The highest BCUT2D eigenvalue weighted by Gasteiger charge is 2.68. The lowest BCUT2D eigenvalue weighted by atomic mass is 9.74. The Hall–Kier alpha value is -1.55. The molecule has 0 bridgehead atoms. The number of aliphatic hydroxyl groups is 1. The van der Waals surface area contributed by atoms with Gasteiger partial charge >= 0.3 is 0 Å². The molecule has 0 saturated heterocycles. The van der Waals surface area contributed by atoms with Crippen LogP contribution >= 0.6 is 0 Å². The Morgan fingerprint density at radius 3 is 2.52 bits per heavy atom. The van der Waals surface area contributed by atoms with E-state index in [-0.39, 0.29) is 34.8 Å². The maximum Gasteiger partial charge on any atom is 0.224 e. The van der Waals surface area contributed by atoms with Crippen LogP contribution in [0.4, 0.5) is 0 Å². The zero-order valence-electron chi connectivity index (χ0n) is 15.6. The summed E-state index contributed by atoms with van der Waals surface area (Å²) < 4.78 is 5.61. The molecule has 2 aliphatic carbocycles. The molecule has 25 heavy (non-hydrogen) atoms. The third-order valence-electron chi connectivity index (χ3n) is 7.27. The third kappa shape index (κ3) is 2.57. The van der Waals surface area contributed by atoms with Crippen LogP contribution in [-0.2, 0) is 11.2 Å². The molecule has 1 aromatic rings. The van der Waals surface area contributed by atoms with E-state index in [1.165, 1.54) is 5.56 Å². The topological polar surface area (TPSA) is 58.6 Å². The van der Waals surface area contributed by atoms with E-state index in [0.717, 1.165) is 37.2 Å². The Labute approximate surface area is 150 Å². The van der Waals surface area contributed by atoms with E-state index in [1.807, 2.05) is 6.07 Å². The van der Waals surface area contributed by atoms with Crippen molar-refractivity contribution in [3.63, 3.8) is 0 Å². The van der Waals surface area contributed by atoms with E-state index >= 15 is 0 Å². The van der Waals surface area contributed by atoms with Gasteiger partial charge in [-0.1, -0.05) is 33.8 Å². The summed E-state index contributed by atoms with van der Waals surface area (Å²) in [7, 11) is 0. The number of carbonyl (C=O) groups excluding carboxylic acids is 1. The summed E-state index contributed by atoms with van der Waals surface area (Å²) in [6.45, 7) is 9.43. The third-order valence-corrected chi connectivity index (χ3v) is 7.27. The van der Waals surface area contributed by atoms with Gasteiger partial charge in [0.05, 0.1) is 18.8 Å². The van der Waals surface area contributed by atoms with Crippen LogP contribution in [0, 0.1) is 22.7 Å². The molecular formula is C21H29NO3. The van der Waals surface area contributed by atoms with Crippen LogP contribution in [0.2, 0.25) is 0 Å². The molecule has 3 aliphatic rings. The van der Waals surface area contributed by atoms with Crippen molar-refractivity contribution in [2.75, 3.05) is 6.61 Å². The van der Waals surface area contributed by atoms with Gasteiger partial charge in [-0.25, -0.2) is 0 Å². The van der Waals surface area contributed by atoms with Gasteiger partial charge in [-0.05, 0) is 52.8 Å². The molecule has 136 valence electrons. The molecule has 1 amide bonds. The summed E-state index contributed by atoms with van der Waals surface area (Å²) >= 11 is 0. The molecule has 2 fully saturated rings. The number of fused-ring (bicyclic) bond motifs is 1.